The molecule has 6 nitrogen and oxygen atoms in total. The molecular formula is C26H21FN6S. The Balaban J connectivity index is 1.45. The Kier molecular flexibility index (Phi) is 4.97. The standard InChI is InChI=1S/C26H21FN6S/c1-33(2)14-15-10-16(13-28-12-15)19-6-7-21-25(30-19)26(32-31-21)22-11-18-17(4-3-5-20(18)29-22)23-8-9-24(27)34-23/h3-13,29H,14H2,1-2H3,(H,31,32). The number of hydrogen-bond donors (Lipinski definition) is 2. The van der Waals surface area contributed by atoms with Crippen LogP contribution in [0.3, 0.4) is 0 Å². The SMILES string of the molecule is CN(C)Cc1cncc(-c2ccc3[nH]nc(-c4cc5c(-c6ccc(F)s6)cccc5[nH]4)c3n2)c1. The second-order valence-electron chi connectivity index (χ2n) is 8.54. The van der Waals surface area contributed by atoms with E-state index in [1.807, 2.05) is 62.9 Å². The first-order valence-electron chi connectivity index (χ1n) is 10.9. The zero-order chi connectivity index (χ0) is 23.2. The highest BCUT2D eigenvalue weighted by atomic mass is 32.1. The fraction of sp³-hybridized carbons (Fsp3) is 0.115. The van der Waals surface area contributed by atoms with Gasteiger partial charge in [-0.15, -0.1) is 11.3 Å². The van der Waals surface area contributed by atoms with E-state index in [2.05, 4.69) is 37.2 Å². The second-order valence-corrected chi connectivity index (χ2v) is 9.57. The summed E-state index contributed by atoms with van der Waals surface area (Å²) in [5.41, 5.74) is 8.14. The van der Waals surface area contributed by atoms with Crippen molar-refractivity contribution in [2.75, 3.05) is 14.1 Å². The lowest BCUT2D eigenvalue weighted by atomic mass is 10.1. The zero-order valence-corrected chi connectivity index (χ0v) is 19.4. The molecule has 0 bridgehead atoms. The molecule has 5 aromatic heterocycles. The van der Waals surface area contributed by atoms with Crippen LogP contribution in [0.5, 0.6) is 0 Å². The molecule has 6 aromatic rings. The molecule has 6 rings (SSSR count). The Morgan fingerprint density at radius 3 is 2.74 bits per heavy atom. The lowest BCUT2D eigenvalue weighted by Crippen LogP contribution is -2.10. The van der Waals surface area contributed by atoms with E-state index >= 15 is 0 Å². The molecule has 2 N–H and O–H groups in total. The second kappa shape index (κ2) is 8.16. The van der Waals surface area contributed by atoms with Crippen molar-refractivity contribution < 1.29 is 4.39 Å². The maximum atomic E-state index is 13.7. The minimum Gasteiger partial charge on any atom is -0.353 e. The van der Waals surface area contributed by atoms with Crippen LogP contribution < -0.4 is 0 Å². The maximum absolute atomic E-state index is 13.7. The summed E-state index contributed by atoms with van der Waals surface area (Å²) >= 11 is 1.15. The van der Waals surface area contributed by atoms with Crippen molar-refractivity contribution in [3.05, 3.63) is 77.7 Å². The Morgan fingerprint density at radius 1 is 1.00 bits per heavy atom. The lowest BCUT2D eigenvalue weighted by Gasteiger charge is -2.10. The van der Waals surface area contributed by atoms with Gasteiger partial charge in [-0.2, -0.15) is 9.49 Å². The van der Waals surface area contributed by atoms with Gasteiger partial charge in [0.2, 0.25) is 0 Å². The molecule has 0 atom stereocenters. The van der Waals surface area contributed by atoms with E-state index in [1.54, 1.807) is 0 Å². The number of aromatic amines is 2. The summed E-state index contributed by atoms with van der Waals surface area (Å²) in [5.74, 6) is 0. The molecule has 0 radical (unpaired) electrons. The van der Waals surface area contributed by atoms with Crippen molar-refractivity contribution in [3.63, 3.8) is 0 Å². The Morgan fingerprint density at radius 2 is 1.91 bits per heavy atom. The van der Waals surface area contributed by atoms with Gasteiger partial charge in [-0.25, -0.2) is 4.98 Å². The number of rotatable bonds is 5. The van der Waals surface area contributed by atoms with E-state index in [9.17, 15) is 4.39 Å². The van der Waals surface area contributed by atoms with Gasteiger partial charge in [0.05, 0.1) is 16.9 Å². The molecule has 0 saturated carbocycles. The molecular weight excluding hydrogens is 447 g/mol. The largest absolute Gasteiger partial charge is 0.353 e. The van der Waals surface area contributed by atoms with Gasteiger partial charge in [0.15, 0.2) is 5.13 Å². The van der Waals surface area contributed by atoms with Crippen LogP contribution in [0.15, 0.2) is 67.0 Å². The Labute approximate surface area is 199 Å². The van der Waals surface area contributed by atoms with Gasteiger partial charge < -0.3 is 9.88 Å². The molecule has 168 valence electrons. The molecule has 1 aromatic carbocycles. The van der Waals surface area contributed by atoms with Crippen LogP contribution in [0.25, 0.3) is 55.0 Å². The van der Waals surface area contributed by atoms with Crippen molar-refractivity contribution in [3.8, 4) is 33.1 Å². The third-order valence-electron chi connectivity index (χ3n) is 5.76. The van der Waals surface area contributed by atoms with Gasteiger partial charge in [0, 0.05) is 45.8 Å². The monoisotopic (exact) mass is 468 g/mol. The first-order chi connectivity index (χ1) is 16.5. The average molecular weight is 469 g/mol. The summed E-state index contributed by atoms with van der Waals surface area (Å²) in [6.07, 6.45) is 3.72. The van der Waals surface area contributed by atoms with Gasteiger partial charge in [-0.1, -0.05) is 12.1 Å². The first kappa shape index (κ1) is 20.7. The van der Waals surface area contributed by atoms with Crippen molar-refractivity contribution in [2.45, 2.75) is 6.54 Å². The fourth-order valence-corrected chi connectivity index (χ4v) is 5.05. The molecule has 5 heterocycles. The van der Waals surface area contributed by atoms with E-state index in [4.69, 9.17) is 4.98 Å². The number of H-pyrrole nitrogens is 2. The molecule has 34 heavy (non-hydrogen) atoms. The fourth-order valence-electron chi connectivity index (χ4n) is 4.28. The summed E-state index contributed by atoms with van der Waals surface area (Å²) in [5, 5.41) is 8.48. The lowest BCUT2D eigenvalue weighted by molar-refractivity contribution is 0.402. The Bertz CT molecular complexity index is 1640. The van der Waals surface area contributed by atoms with Crippen LogP contribution in [-0.2, 0) is 6.54 Å². The number of aromatic nitrogens is 5. The third-order valence-corrected chi connectivity index (χ3v) is 6.66. The average Bonchev–Trinajstić information content (AvgIpc) is 3.55. The van der Waals surface area contributed by atoms with Gasteiger partial charge >= 0.3 is 0 Å². The van der Waals surface area contributed by atoms with E-state index < -0.39 is 0 Å². The third kappa shape index (κ3) is 3.67. The highest BCUT2D eigenvalue weighted by Gasteiger charge is 2.16. The van der Waals surface area contributed by atoms with Crippen LogP contribution in [0.1, 0.15) is 5.56 Å². The van der Waals surface area contributed by atoms with Gasteiger partial charge in [-0.05, 0) is 62.1 Å². The summed E-state index contributed by atoms with van der Waals surface area (Å²) in [4.78, 5) is 15.8. The number of benzene rings is 1. The maximum Gasteiger partial charge on any atom is 0.176 e. The summed E-state index contributed by atoms with van der Waals surface area (Å²) in [6.45, 7) is 0.811. The quantitative estimate of drug-likeness (QED) is 0.321. The smallest absolute Gasteiger partial charge is 0.176 e. The van der Waals surface area contributed by atoms with E-state index in [0.29, 0.717) is 0 Å². The first-order valence-corrected chi connectivity index (χ1v) is 11.7. The Hall–Kier alpha value is -3.88. The van der Waals surface area contributed by atoms with E-state index in [0.717, 1.165) is 78.5 Å². The molecule has 0 saturated heterocycles. The van der Waals surface area contributed by atoms with Crippen molar-refractivity contribution in [2.24, 2.45) is 0 Å². The zero-order valence-electron chi connectivity index (χ0n) is 18.6. The van der Waals surface area contributed by atoms with Crippen LogP contribution in [0.2, 0.25) is 0 Å². The molecule has 0 amide bonds. The predicted molar refractivity (Wildman–Crippen MR) is 135 cm³/mol. The van der Waals surface area contributed by atoms with Crippen LogP contribution in [-0.4, -0.2) is 44.1 Å². The van der Waals surface area contributed by atoms with Crippen molar-refractivity contribution in [1.29, 1.82) is 0 Å². The number of hydrogen-bond acceptors (Lipinski definition) is 5. The molecule has 0 fully saturated rings. The van der Waals surface area contributed by atoms with Gasteiger partial charge in [0.1, 0.15) is 11.2 Å². The van der Waals surface area contributed by atoms with Gasteiger partial charge in [0.25, 0.3) is 0 Å². The van der Waals surface area contributed by atoms with Crippen molar-refractivity contribution >= 4 is 33.3 Å². The number of nitrogens with one attached hydrogen (secondary N) is 2. The van der Waals surface area contributed by atoms with Crippen LogP contribution in [0, 0.1) is 5.13 Å². The van der Waals surface area contributed by atoms with Crippen molar-refractivity contribution in [1.82, 2.24) is 30.0 Å². The minimum atomic E-state index is -0.193. The molecule has 0 spiro atoms. The number of thiophene rings is 1. The molecule has 0 aliphatic heterocycles. The number of pyridine rings is 2. The van der Waals surface area contributed by atoms with Gasteiger partial charge in [-0.3, -0.25) is 10.1 Å². The molecule has 0 aliphatic rings. The molecule has 8 heteroatoms. The van der Waals surface area contributed by atoms with Crippen LogP contribution in [0.4, 0.5) is 4.39 Å². The normalized spacial score (nSPS) is 11.8. The van der Waals surface area contributed by atoms with Crippen LogP contribution >= 0.6 is 11.3 Å². The summed E-state index contributed by atoms with van der Waals surface area (Å²) < 4.78 is 13.7. The highest BCUT2D eigenvalue weighted by molar-refractivity contribution is 7.14. The predicted octanol–water partition coefficient (Wildman–Crippen LogP) is 6.10. The van der Waals surface area contributed by atoms with E-state index in [1.165, 1.54) is 6.07 Å². The number of halogens is 1. The molecule has 0 unspecified atom stereocenters. The minimum absolute atomic E-state index is 0.193. The number of fused-ring (bicyclic) bond motifs is 2. The topological polar surface area (TPSA) is 73.5 Å². The summed E-state index contributed by atoms with van der Waals surface area (Å²) in [7, 11) is 4.07. The highest BCUT2D eigenvalue weighted by Crippen LogP contribution is 2.36. The summed E-state index contributed by atoms with van der Waals surface area (Å²) in [6, 6.07) is 17.5. The molecule has 0 aliphatic carbocycles. The number of nitrogens with zero attached hydrogens (tertiary/aromatic N) is 4. The van der Waals surface area contributed by atoms with E-state index in [-0.39, 0.29) is 5.13 Å².